The summed E-state index contributed by atoms with van der Waals surface area (Å²) in [4.78, 5) is 0. The Morgan fingerprint density at radius 1 is 1.40 bits per heavy atom. The van der Waals surface area contributed by atoms with E-state index in [1.807, 2.05) is 12.1 Å². The highest BCUT2D eigenvalue weighted by atomic mass is 16.5. The summed E-state index contributed by atoms with van der Waals surface area (Å²) in [5.74, 6) is 0.896. The Morgan fingerprint density at radius 3 is 3.00 bits per heavy atom. The maximum absolute atomic E-state index is 5.52. The van der Waals surface area contributed by atoms with Gasteiger partial charge in [-0.1, -0.05) is 12.1 Å². The minimum absolute atomic E-state index is 0.281. The molecule has 15 heavy (non-hydrogen) atoms. The molecule has 2 rings (SSSR count). The highest BCUT2D eigenvalue weighted by molar-refractivity contribution is 5.30. The fourth-order valence-electron chi connectivity index (χ4n) is 1.85. The Morgan fingerprint density at radius 2 is 2.27 bits per heavy atom. The first-order valence-electron chi connectivity index (χ1n) is 5.27. The van der Waals surface area contributed by atoms with Gasteiger partial charge >= 0.3 is 0 Å². The quantitative estimate of drug-likeness (QED) is 0.801. The summed E-state index contributed by atoms with van der Waals surface area (Å²) < 4.78 is 10.7. The molecule has 1 saturated heterocycles. The molecule has 1 fully saturated rings. The van der Waals surface area contributed by atoms with Gasteiger partial charge in [0, 0.05) is 6.04 Å². The van der Waals surface area contributed by atoms with Gasteiger partial charge in [-0.2, -0.15) is 0 Å². The first kappa shape index (κ1) is 10.5. The number of hydrogen-bond acceptors (Lipinski definition) is 3. The second-order valence-electron chi connectivity index (χ2n) is 3.93. The number of rotatable bonds is 2. The van der Waals surface area contributed by atoms with E-state index in [0.29, 0.717) is 6.04 Å². The molecule has 0 spiro atoms. The van der Waals surface area contributed by atoms with Gasteiger partial charge in [-0.25, -0.2) is 0 Å². The molecule has 1 aromatic carbocycles. The van der Waals surface area contributed by atoms with Gasteiger partial charge in [-0.15, -0.1) is 0 Å². The van der Waals surface area contributed by atoms with Gasteiger partial charge in [-0.05, 0) is 24.6 Å². The van der Waals surface area contributed by atoms with Crippen molar-refractivity contribution in [2.45, 2.75) is 19.0 Å². The number of methoxy groups -OCH3 is 1. The van der Waals surface area contributed by atoms with Crippen molar-refractivity contribution >= 4 is 0 Å². The standard InChI is InChI=1S/C12H17NO2/c1-9-7-15-8-12(13-9)10-4-3-5-11(6-10)14-2/h3-6,9,12-13H,7-8H2,1-2H3. The van der Waals surface area contributed by atoms with Gasteiger partial charge in [0.25, 0.3) is 0 Å². The highest BCUT2D eigenvalue weighted by Gasteiger charge is 2.19. The number of benzene rings is 1. The van der Waals surface area contributed by atoms with Crippen molar-refractivity contribution in [3.05, 3.63) is 29.8 Å². The lowest BCUT2D eigenvalue weighted by Gasteiger charge is -2.29. The van der Waals surface area contributed by atoms with Crippen LogP contribution in [0.15, 0.2) is 24.3 Å². The summed E-state index contributed by atoms with van der Waals surface area (Å²) in [6, 6.07) is 8.81. The second-order valence-corrected chi connectivity index (χ2v) is 3.93. The number of nitrogens with one attached hydrogen (secondary N) is 1. The zero-order valence-corrected chi connectivity index (χ0v) is 9.19. The Kier molecular flexibility index (Phi) is 3.23. The third-order valence-corrected chi connectivity index (χ3v) is 2.63. The normalized spacial score (nSPS) is 26.3. The third kappa shape index (κ3) is 2.49. The predicted molar refractivity (Wildman–Crippen MR) is 59.2 cm³/mol. The Hall–Kier alpha value is -1.06. The van der Waals surface area contributed by atoms with Gasteiger partial charge in [0.2, 0.25) is 0 Å². The number of morpholine rings is 1. The van der Waals surface area contributed by atoms with Gasteiger partial charge in [0.1, 0.15) is 5.75 Å². The minimum atomic E-state index is 0.281. The summed E-state index contributed by atoms with van der Waals surface area (Å²) in [7, 11) is 1.69. The molecule has 3 nitrogen and oxygen atoms in total. The molecule has 0 bridgehead atoms. The molecule has 2 unspecified atom stereocenters. The molecule has 1 N–H and O–H groups in total. The Labute approximate surface area is 90.4 Å². The first-order valence-corrected chi connectivity index (χ1v) is 5.27. The van der Waals surface area contributed by atoms with Crippen molar-refractivity contribution in [1.29, 1.82) is 0 Å². The number of hydrogen-bond donors (Lipinski definition) is 1. The van der Waals surface area contributed by atoms with E-state index >= 15 is 0 Å². The average molecular weight is 207 g/mol. The summed E-state index contributed by atoms with van der Waals surface area (Å²) in [6.07, 6.45) is 0. The van der Waals surface area contributed by atoms with Gasteiger partial charge in [0.15, 0.2) is 0 Å². The lowest BCUT2D eigenvalue weighted by atomic mass is 10.1. The van der Waals surface area contributed by atoms with Crippen molar-refractivity contribution in [3.8, 4) is 5.75 Å². The van der Waals surface area contributed by atoms with Crippen molar-refractivity contribution < 1.29 is 9.47 Å². The van der Waals surface area contributed by atoms with Crippen molar-refractivity contribution in [2.24, 2.45) is 0 Å². The van der Waals surface area contributed by atoms with E-state index in [4.69, 9.17) is 9.47 Å². The van der Waals surface area contributed by atoms with E-state index in [-0.39, 0.29) is 6.04 Å². The molecular weight excluding hydrogens is 190 g/mol. The fourth-order valence-corrected chi connectivity index (χ4v) is 1.85. The molecule has 82 valence electrons. The molecule has 1 heterocycles. The molecule has 1 aromatic rings. The van der Waals surface area contributed by atoms with Crippen LogP contribution in [0.25, 0.3) is 0 Å². The zero-order chi connectivity index (χ0) is 10.7. The Balaban J connectivity index is 2.13. The highest BCUT2D eigenvalue weighted by Crippen LogP contribution is 2.21. The van der Waals surface area contributed by atoms with E-state index in [0.717, 1.165) is 19.0 Å². The van der Waals surface area contributed by atoms with Crippen LogP contribution in [0.2, 0.25) is 0 Å². The molecular formula is C12H17NO2. The van der Waals surface area contributed by atoms with E-state index in [1.165, 1.54) is 5.56 Å². The van der Waals surface area contributed by atoms with Crippen molar-refractivity contribution in [3.63, 3.8) is 0 Å². The summed E-state index contributed by atoms with van der Waals surface area (Å²) in [5.41, 5.74) is 1.22. The second kappa shape index (κ2) is 4.64. The summed E-state index contributed by atoms with van der Waals surface area (Å²) in [5, 5.41) is 3.50. The maximum atomic E-state index is 5.52. The molecule has 0 aliphatic carbocycles. The van der Waals surface area contributed by atoms with Crippen LogP contribution in [0.3, 0.4) is 0 Å². The van der Waals surface area contributed by atoms with E-state index < -0.39 is 0 Å². The predicted octanol–water partition coefficient (Wildman–Crippen LogP) is 1.74. The molecule has 0 radical (unpaired) electrons. The SMILES string of the molecule is COc1cccc(C2COCC(C)N2)c1. The van der Waals surface area contributed by atoms with E-state index in [9.17, 15) is 0 Å². The monoisotopic (exact) mass is 207 g/mol. The van der Waals surface area contributed by atoms with Gasteiger partial charge < -0.3 is 14.8 Å². The van der Waals surface area contributed by atoms with Crippen LogP contribution in [0.4, 0.5) is 0 Å². The topological polar surface area (TPSA) is 30.5 Å². The van der Waals surface area contributed by atoms with Crippen LogP contribution >= 0.6 is 0 Å². The van der Waals surface area contributed by atoms with E-state index in [1.54, 1.807) is 7.11 Å². The van der Waals surface area contributed by atoms with Gasteiger partial charge in [-0.3, -0.25) is 0 Å². The molecule has 0 aromatic heterocycles. The van der Waals surface area contributed by atoms with E-state index in [2.05, 4.69) is 24.4 Å². The van der Waals surface area contributed by atoms with Crippen LogP contribution in [0.5, 0.6) is 5.75 Å². The van der Waals surface area contributed by atoms with Crippen LogP contribution in [0.1, 0.15) is 18.5 Å². The fraction of sp³-hybridized carbons (Fsp3) is 0.500. The largest absolute Gasteiger partial charge is 0.497 e. The van der Waals surface area contributed by atoms with Gasteiger partial charge in [0.05, 0.1) is 26.4 Å². The van der Waals surface area contributed by atoms with Crippen LogP contribution in [-0.2, 0) is 4.74 Å². The summed E-state index contributed by atoms with van der Waals surface area (Å²) >= 11 is 0. The molecule has 0 amide bonds. The zero-order valence-electron chi connectivity index (χ0n) is 9.19. The molecule has 1 aliphatic heterocycles. The Bertz CT molecular complexity index is 327. The first-order chi connectivity index (χ1) is 7.29. The average Bonchev–Trinajstić information content (AvgIpc) is 2.29. The molecule has 0 saturated carbocycles. The third-order valence-electron chi connectivity index (χ3n) is 2.63. The lowest BCUT2D eigenvalue weighted by Crippen LogP contribution is -2.41. The van der Waals surface area contributed by atoms with Crippen LogP contribution < -0.4 is 10.1 Å². The maximum Gasteiger partial charge on any atom is 0.119 e. The minimum Gasteiger partial charge on any atom is -0.497 e. The lowest BCUT2D eigenvalue weighted by molar-refractivity contribution is 0.0503. The molecule has 3 heteroatoms. The smallest absolute Gasteiger partial charge is 0.119 e. The van der Waals surface area contributed by atoms with Crippen molar-refractivity contribution in [1.82, 2.24) is 5.32 Å². The summed E-state index contributed by atoms with van der Waals surface area (Å²) in [6.45, 7) is 3.66. The number of ether oxygens (including phenoxy) is 2. The molecule has 1 aliphatic rings. The van der Waals surface area contributed by atoms with Crippen LogP contribution in [-0.4, -0.2) is 26.4 Å². The van der Waals surface area contributed by atoms with Crippen LogP contribution in [0, 0.1) is 0 Å². The molecule has 2 atom stereocenters. The van der Waals surface area contributed by atoms with Crippen molar-refractivity contribution in [2.75, 3.05) is 20.3 Å².